The van der Waals surface area contributed by atoms with Crippen molar-refractivity contribution in [1.82, 2.24) is 25.6 Å². The molecule has 0 aromatic carbocycles. The van der Waals surface area contributed by atoms with Crippen molar-refractivity contribution in [3.8, 4) is 0 Å². The number of hydrogen-bond donors (Lipinski definition) is 5. The van der Waals surface area contributed by atoms with Crippen LogP contribution in [0.25, 0.3) is 0 Å². The molecule has 0 bridgehead atoms. The molecule has 2 aliphatic heterocycles. The van der Waals surface area contributed by atoms with Crippen LogP contribution in [0.15, 0.2) is 12.2 Å². The number of nitrogens with one attached hydrogen (secondary N) is 4. The van der Waals surface area contributed by atoms with Gasteiger partial charge in [0, 0.05) is 24.9 Å². The van der Waals surface area contributed by atoms with Gasteiger partial charge in [-0.2, -0.15) is 0 Å². The van der Waals surface area contributed by atoms with Crippen LogP contribution in [-0.2, 0) is 24.4 Å². The molecule has 0 aromatic rings. The molecule has 40 heavy (non-hydrogen) atoms. The highest BCUT2D eigenvalue weighted by molar-refractivity contribution is 7.91. The van der Waals surface area contributed by atoms with Crippen LogP contribution in [-0.4, -0.2) is 83.7 Å². The summed E-state index contributed by atoms with van der Waals surface area (Å²) in [5.41, 5.74) is -1.43. The molecule has 0 spiro atoms. The topological polar surface area (TPSA) is 174 Å². The lowest BCUT2D eigenvalue weighted by molar-refractivity contribution is -0.141. The fourth-order valence-corrected chi connectivity index (χ4v) is 7.60. The number of allylic oxidation sites excluding steroid dienone is 1. The van der Waals surface area contributed by atoms with Crippen molar-refractivity contribution in [1.29, 1.82) is 0 Å². The van der Waals surface area contributed by atoms with Crippen LogP contribution in [0.5, 0.6) is 0 Å². The summed E-state index contributed by atoms with van der Waals surface area (Å²) >= 11 is 0. The van der Waals surface area contributed by atoms with Gasteiger partial charge in [-0.25, -0.2) is 13.2 Å². The van der Waals surface area contributed by atoms with Gasteiger partial charge in [0.2, 0.25) is 21.8 Å². The first-order valence-electron chi connectivity index (χ1n) is 14.7. The van der Waals surface area contributed by atoms with Crippen LogP contribution in [0, 0.1) is 5.92 Å². The monoisotopic (exact) mass is 579 g/mol. The van der Waals surface area contributed by atoms with E-state index in [0.717, 1.165) is 44.9 Å². The van der Waals surface area contributed by atoms with Gasteiger partial charge in [-0.1, -0.05) is 37.8 Å². The summed E-state index contributed by atoms with van der Waals surface area (Å²) in [6.45, 7) is -0.0715. The van der Waals surface area contributed by atoms with Crippen molar-refractivity contribution >= 4 is 33.8 Å². The number of urea groups is 1. The second kappa shape index (κ2) is 11.7. The zero-order chi connectivity index (χ0) is 28.5. The van der Waals surface area contributed by atoms with Crippen molar-refractivity contribution in [3.05, 3.63) is 12.2 Å². The first-order chi connectivity index (χ1) is 19.1. The number of carbonyl (C=O) groups is 4. The number of carbonyl (C=O) groups excluding carboxylic acids is 4. The molecule has 5 rings (SSSR count). The van der Waals surface area contributed by atoms with Crippen LogP contribution in [0.3, 0.4) is 0 Å². The molecule has 3 aliphatic carbocycles. The van der Waals surface area contributed by atoms with E-state index in [0.29, 0.717) is 25.7 Å². The van der Waals surface area contributed by atoms with E-state index < -0.39 is 62.8 Å². The Morgan fingerprint density at radius 1 is 1.00 bits per heavy atom. The van der Waals surface area contributed by atoms with E-state index >= 15 is 0 Å². The summed E-state index contributed by atoms with van der Waals surface area (Å²) in [7, 11) is -3.82. The smallest absolute Gasteiger partial charge is 0.315 e. The minimum Gasteiger partial charge on any atom is -0.391 e. The summed E-state index contributed by atoms with van der Waals surface area (Å²) in [5.74, 6) is -2.22. The second-order valence-corrected chi connectivity index (χ2v) is 14.0. The zero-order valence-corrected chi connectivity index (χ0v) is 23.6. The lowest BCUT2D eigenvalue weighted by atomic mass is 10.0. The van der Waals surface area contributed by atoms with Crippen LogP contribution >= 0.6 is 0 Å². The van der Waals surface area contributed by atoms with Crippen LogP contribution in [0.1, 0.15) is 83.5 Å². The number of amides is 5. The lowest BCUT2D eigenvalue weighted by Crippen LogP contribution is -2.59. The van der Waals surface area contributed by atoms with Gasteiger partial charge >= 0.3 is 6.03 Å². The fraction of sp³-hybridized carbons (Fsp3) is 0.778. The number of aliphatic hydroxyl groups excluding tert-OH is 1. The number of fused-ring (bicyclic) bond motifs is 2. The molecule has 4 fully saturated rings. The van der Waals surface area contributed by atoms with E-state index in [2.05, 4.69) is 20.7 Å². The average molecular weight is 580 g/mol. The molecule has 5 aliphatic rings. The number of aliphatic hydroxyl groups is 1. The Bertz CT molecular complexity index is 1150. The van der Waals surface area contributed by atoms with Crippen molar-refractivity contribution in [2.45, 2.75) is 118 Å². The standard InChI is InChI=1S/C27H41N5O7S/c33-19-14-22-23(34)30-27(25(36)31-40(38,39)20-12-13-20)15-17(27)8-4-2-1-3-5-11-21(24(35)32(22)16-19)29-26(37)28-18-9-6-7-10-18/h4,8,17-22,33H,1-3,5-7,9-16H2,(H,30,34)(H,31,36)(H2,28,29,37)/b8-4-/t17-,19-,21+,22+,27-/m1/s1. The molecular formula is C27H41N5O7S. The van der Waals surface area contributed by atoms with Gasteiger partial charge in [-0.15, -0.1) is 0 Å². The molecule has 13 heteroatoms. The lowest BCUT2D eigenvalue weighted by Gasteiger charge is -2.30. The van der Waals surface area contributed by atoms with Crippen LogP contribution in [0.4, 0.5) is 4.79 Å². The van der Waals surface area contributed by atoms with Crippen LogP contribution in [0.2, 0.25) is 0 Å². The summed E-state index contributed by atoms with van der Waals surface area (Å²) in [4.78, 5) is 54.6. The predicted molar refractivity (Wildman–Crippen MR) is 145 cm³/mol. The maximum atomic E-state index is 13.7. The first kappa shape index (κ1) is 28.8. The highest BCUT2D eigenvalue weighted by atomic mass is 32.2. The number of sulfonamides is 1. The number of rotatable bonds is 5. The SMILES string of the molecule is O=C(NC1CCCC1)N[C@H]1CCCCC/C=C\[C@@H]2C[C@@]2(C(=O)NS(=O)(=O)C2CC2)NC(=O)[C@@H]2C[C@@H](O)CN2C1=O. The van der Waals surface area contributed by atoms with Gasteiger partial charge in [0.1, 0.15) is 17.6 Å². The normalized spacial score (nSPS) is 34.5. The molecule has 5 amide bonds. The highest BCUT2D eigenvalue weighted by Crippen LogP contribution is 2.46. The first-order valence-corrected chi connectivity index (χ1v) is 16.2. The Kier molecular flexibility index (Phi) is 8.42. The Labute approximate surface area is 235 Å². The Balaban J connectivity index is 1.34. The van der Waals surface area contributed by atoms with Gasteiger partial charge < -0.3 is 26.0 Å². The summed E-state index contributed by atoms with van der Waals surface area (Å²) in [6.07, 6.45) is 11.5. The number of nitrogens with zero attached hydrogens (tertiary/aromatic N) is 1. The summed E-state index contributed by atoms with van der Waals surface area (Å²) in [6, 6.07) is -2.25. The van der Waals surface area contributed by atoms with E-state index in [4.69, 9.17) is 0 Å². The maximum absolute atomic E-state index is 13.7. The Morgan fingerprint density at radius 3 is 2.45 bits per heavy atom. The summed E-state index contributed by atoms with van der Waals surface area (Å²) in [5, 5.41) is 18.4. The van der Waals surface area contributed by atoms with E-state index in [1.54, 1.807) is 0 Å². The van der Waals surface area contributed by atoms with E-state index in [-0.39, 0.29) is 31.3 Å². The predicted octanol–water partition coefficient (Wildman–Crippen LogP) is 0.562. The van der Waals surface area contributed by atoms with Gasteiger partial charge in [0.25, 0.3) is 5.91 Å². The van der Waals surface area contributed by atoms with Gasteiger partial charge in [0.05, 0.1) is 11.4 Å². The van der Waals surface area contributed by atoms with Crippen molar-refractivity contribution in [2.75, 3.05) is 6.54 Å². The third-order valence-electron chi connectivity index (χ3n) is 8.85. The molecule has 2 heterocycles. The third-order valence-corrected chi connectivity index (χ3v) is 10.7. The average Bonchev–Trinajstić information content (AvgIpc) is 3.78. The van der Waals surface area contributed by atoms with E-state index in [1.807, 2.05) is 12.2 Å². The maximum Gasteiger partial charge on any atom is 0.315 e. The highest BCUT2D eigenvalue weighted by Gasteiger charge is 2.62. The van der Waals surface area contributed by atoms with E-state index in [1.165, 1.54) is 4.90 Å². The molecule has 0 unspecified atom stereocenters. The molecule has 5 N–H and O–H groups in total. The summed E-state index contributed by atoms with van der Waals surface area (Å²) < 4.78 is 27.2. The Morgan fingerprint density at radius 2 is 1.73 bits per heavy atom. The number of hydrogen-bond acceptors (Lipinski definition) is 7. The molecule has 3 saturated carbocycles. The minimum absolute atomic E-state index is 0.0167. The van der Waals surface area contributed by atoms with Gasteiger partial charge in [-0.3, -0.25) is 19.1 Å². The third kappa shape index (κ3) is 6.45. The van der Waals surface area contributed by atoms with Gasteiger partial charge in [-0.05, 0) is 51.4 Å². The van der Waals surface area contributed by atoms with Crippen LogP contribution < -0.4 is 20.7 Å². The minimum atomic E-state index is -3.82. The molecule has 0 radical (unpaired) electrons. The molecule has 12 nitrogen and oxygen atoms in total. The van der Waals surface area contributed by atoms with Crippen molar-refractivity contribution in [2.24, 2.45) is 5.92 Å². The molecule has 5 atom stereocenters. The second-order valence-electron chi connectivity index (χ2n) is 12.1. The van der Waals surface area contributed by atoms with Crippen molar-refractivity contribution in [3.63, 3.8) is 0 Å². The molecule has 1 saturated heterocycles. The fourth-order valence-electron chi connectivity index (χ4n) is 6.23. The largest absolute Gasteiger partial charge is 0.391 e. The Hall–Kier alpha value is -2.67. The molecule has 222 valence electrons. The van der Waals surface area contributed by atoms with Crippen molar-refractivity contribution < 1.29 is 32.7 Å². The quantitative estimate of drug-likeness (QED) is 0.296. The molecular weight excluding hydrogens is 538 g/mol. The zero-order valence-electron chi connectivity index (χ0n) is 22.8. The van der Waals surface area contributed by atoms with E-state index in [9.17, 15) is 32.7 Å². The van der Waals surface area contributed by atoms with Gasteiger partial charge in [0.15, 0.2) is 0 Å². The molecule has 0 aromatic heterocycles.